The lowest BCUT2D eigenvalue weighted by molar-refractivity contribution is -0.133. The van der Waals surface area contributed by atoms with Gasteiger partial charge in [-0.1, -0.05) is 13.3 Å². The minimum atomic E-state index is -0.356. The molecule has 0 heterocycles. The SMILES string of the molecule is CCCCOc1ccc(N=Nc2ccc(OC(=O)CCCl)cc2)cc1. The van der Waals surface area contributed by atoms with Gasteiger partial charge in [0, 0.05) is 5.88 Å². The van der Waals surface area contributed by atoms with Crippen LogP contribution in [0.3, 0.4) is 0 Å². The number of unbranched alkanes of at least 4 members (excludes halogenated alkanes) is 1. The van der Waals surface area contributed by atoms with E-state index in [1.807, 2.05) is 24.3 Å². The summed E-state index contributed by atoms with van der Waals surface area (Å²) in [6, 6.07) is 14.3. The molecule has 0 radical (unpaired) electrons. The first-order chi connectivity index (χ1) is 12.2. The molecular weight excluding hydrogens is 340 g/mol. The first-order valence-corrected chi connectivity index (χ1v) is 8.76. The Morgan fingerprint density at radius 2 is 1.52 bits per heavy atom. The summed E-state index contributed by atoms with van der Waals surface area (Å²) in [6.45, 7) is 2.85. The number of carbonyl (C=O) groups is 1. The third-order valence-corrected chi connectivity index (χ3v) is 3.44. The van der Waals surface area contributed by atoms with E-state index in [4.69, 9.17) is 21.1 Å². The lowest BCUT2D eigenvalue weighted by Gasteiger charge is -2.04. The predicted molar refractivity (Wildman–Crippen MR) is 98.4 cm³/mol. The molecule has 0 aliphatic rings. The zero-order valence-electron chi connectivity index (χ0n) is 14.2. The van der Waals surface area contributed by atoms with Crippen LogP contribution in [0.2, 0.25) is 0 Å². The Balaban J connectivity index is 1.89. The highest BCUT2D eigenvalue weighted by molar-refractivity contribution is 6.18. The highest BCUT2D eigenvalue weighted by atomic mass is 35.5. The Hall–Kier alpha value is -2.40. The van der Waals surface area contributed by atoms with Gasteiger partial charge in [0.1, 0.15) is 11.5 Å². The number of halogens is 1. The highest BCUT2D eigenvalue weighted by Gasteiger charge is 2.03. The Morgan fingerprint density at radius 3 is 2.04 bits per heavy atom. The molecule has 5 nitrogen and oxygen atoms in total. The van der Waals surface area contributed by atoms with Crippen molar-refractivity contribution in [3.63, 3.8) is 0 Å². The van der Waals surface area contributed by atoms with Crippen LogP contribution in [-0.2, 0) is 4.79 Å². The van der Waals surface area contributed by atoms with Crippen molar-refractivity contribution in [2.45, 2.75) is 26.2 Å². The van der Waals surface area contributed by atoms with E-state index in [9.17, 15) is 4.79 Å². The molecule has 0 N–H and O–H groups in total. The molecule has 2 rings (SSSR count). The van der Waals surface area contributed by atoms with Crippen LogP contribution in [0.5, 0.6) is 11.5 Å². The van der Waals surface area contributed by atoms with E-state index in [0.717, 1.165) is 30.9 Å². The van der Waals surface area contributed by atoms with Crippen molar-refractivity contribution in [1.82, 2.24) is 0 Å². The monoisotopic (exact) mass is 360 g/mol. The minimum Gasteiger partial charge on any atom is -0.494 e. The number of azo groups is 1. The van der Waals surface area contributed by atoms with E-state index >= 15 is 0 Å². The zero-order valence-corrected chi connectivity index (χ0v) is 14.9. The summed E-state index contributed by atoms with van der Waals surface area (Å²) in [5.74, 6) is 1.18. The molecule has 132 valence electrons. The molecule has 0 unspecified atom stereocenters. The van der Waals surface area contributed by atoms with E-state index in [1.54, 1.807) is 24.3 Å². The average molecular weight is 361 g/mol. The maximum absolute atomic E-state index is 11.4. The summed E-state index contributed by atoms with van der Waals surface area (Å²) in [5.41, 5.74) is 1.40. The van der Waals surface area contributed by atoms with E-state index in [-0.39, 0.29) is 18.3 Å². The van der Waals surface area contributed by atoms with Gasteiger partial charge < -0.3 is 9.47 Å². The lowest BCUT2D eigenvalue weighted by Crippen LogP contribution is -2.07. The normalized spacial score (nSPS) is 10.8. The highest BCUT2D eigenvalue weighted by Crippen LogP contribution is 2.23. The van der Waals surface area contributed by atoms with Crippen molar-refractivity contribution in [3.8, 4) is 11.5 Å². The summed E-state index contributed by atoms with van der Waals surface area (Å²) in [5, 5.41) is 8.34. The maximum atomic E-state index is 11.4. The summed E-state index contributed by atoms with van der Waals surface area (Å²) >= 11 is 5.49. The number of alkyl halides is 1. The quantitative estimate of drug-likeness (QED) is 0.186. The zero-order chi connectivity index (χ0) is 17.9. The number of benzene rings is 2. The van der Waals surface area contributed by atoms with Crippen LogP contribution in [0.25, 0.3) is 0 Å². The average Bonchev–Trinajstić information content (AvgIpc) is 2.63. The number of carbonyl (C=O) groups excluding carboxylic acids is 1. The Morgan fingerprint density at radius 1 is 0.960 bits per heavy atom. The molecule has 0 bridgehead atoms. The molecule has 0 aromatic heterocycles. The first-order valence-electron chi connectivity index (χ1n) is 8.22. The van der Waals surface area contributed by atoms with Crippen molar-refractivity contribution in [2.75, 3.05) is 12.5 Å². The van der Waals surface area contributed by atoms with Crippen LogP contribution < -0.4 is 9.47 Å². The van der Waals surface area contributed by atoms with Crippen LogP contribution in [0.1, 0.15) is 26.2 Å². The second-order valence-corrected chi connectivity index (χ2v) is 5.68. The summed E-state index contributed by atoms with van der Waals surface area (Å²) in [6.07, 6.45) is 2.33. The van der Waals surface area contributed by atoms with Crippen molar-refractivity contribution in [3.05, 3.63) is 48.5 Å². The van der Waals surface area contributed by atoms with Crippen LogP contribution in [0, 0.1) is 0 Å². The van der Waals surface area contributed by atoms with Gasteiger partial charge in [-0.2, -0.15) is 10.2 Å². The molecule has 0 atom stereocenters. The fourth-order valence-electron chi connectivity index (χ4n) is 1.90. The molecule has 0 aliphatic heterocycles. The topological polar surface area (TPSA) is 60.3 Å². The molecule has 2 aromatic rings. The minimum absolute atomic E-state index is 0.182. The smallest absolute Gasteiger partial charge is 0.312 e. The summed E-state index contributed by atoms with van der Waals surface area (Å²) in [4.78, 5) is 11.4. The van der Waals surface area contributed by atoms with Gasteiger partial charge in [-0.15, -0.1) is 11.6 Å². The lowest BCUT2D eigenvalue weighted by atomic mass is 10.3. The van der Waals surface area contributed by atoms with Gasteiger partial charge in [0.15, 0.2) is 0 Å². The van der Waals surface area contributed by atoms with Crippen LogP contribution in [-0.4, -0.2) is 18.5 Å². The van der Waals surface area contributed by atoms with Gasteiger partial charge in [0.05, 0.1) is 24.4 Å². The van der Waals surface area contributed by atoms with E-state index in [1.165, 1.54) is 0 Å². The molecule has 6 heteroatoms. The third-order valence-electron chi connectivity index (χ3n) is 3.25. The largest absolute Gasteiger partial charge is 0.494 e. The molecule has 0 spiro atoms. The number of hydrogen-bond acceptors (Lipinski definition) is 5. The summed E-state index contributed by atoms with van der Waals surface area (Å²) < 4.78 is 10.7. The van der Waals surface area contributed by atoms with E-state index in [2.05, 4.69) is 17.2 Å². The Labute approximate surface area is 152 Å². The number of hydrogen-bond donors (Lipinski definition) is 0. The fraction of sp³-hybridized carbons (Fsp3) is 0.316. The van der Waals surface area contributed by atoms with Crippen molar-refractivity contribution < 1.29 is 14.3 Å². The van der Waals surface area contributed by atoms with Crippen molar-refractivity contribution in [1.29, 1.82) is 0 Å². The Kier molecular flexibility index (Phi) is 7.92. The molecule has 0 amide bonds. The van der Waals surface area contributed by atoms with Gasteiger partial charge >= 0.3 is 5.97 Å². The van der Waals surface area contributed by atoms with Crippen LogP contribution in [0.15, 0.2) is 58.8 Å². The molecule has 0 saturated heterocycles. The van der Waals surface area contributed by atoms with Gasteiger partial charge in [-0.05, 0) is 55.0 Å². The van der Waals surface area contributed by atoms with Gasteiger partial charge in [0.2, 0.25) is 0 Å². The fourth-order valence-corrected chi connectivity index (χ4v) is 2.05. The van der Waals surface area contributed by atoms with Crippen LogP contribution >= 0.6 is 11.6 Å². The van der Waals surface area contributed by atoms with E-state index in [0.29, 0.717) is 11.4 Å². The third kappa shape index (κ3) is 6.93. The first kappa shape index (κ1) is 18.9. The molecular formula is C19H21ClN2O3. The number of rotatable bonds is 9. The van der Waals surface area contributed by atoms with E-state index < -0.39 is 0 Å². The van der Waals surface area contributed by atoms with Gasteiger partial charge in [-0.25, -0.2) is 0 Å². The molecule has 2 aromatic carbocycles. The number of esters is 1. The number of ether oxygens (including phenoxy) is 2. The molecule has 0 aliphatic carbocycles. The van der Waals surface area contributed by atoms with Crippen LogP contribution in [0.4, 0.5) is 11.4 Å². The molecule has 25 heavy (non-hydrogen) atoms. The second-order valence-electron chi connectivity index (χ2n) is 5.30. The molecule has 0 saturated carbocycles. The number of nitrogens with zero attached hydrogens (tertiary/aromatic N) is 2. The van der Waals surface area contributed by atoms with Crippen molar-refractivity contribution >= 4 is 28.9 Å². The van der Waals surface area contributed by atoms with Gasteiger partial charge in [0.25, 0.3) is 0 Å². The van der Waals surface area contributed by atoms with Crippen molar-refractivity contribution in [2.24, 2.45) is 10.2 Å². The summed E-state index contributed by atoms with van der Waals surface area (Å²) in [7, 11) is 0. The maximum Gasteiger partial charge on any atom is 0.312 e. The standard InChI is InChI=1S/C19H21ClN2O3/c1-2-3-14-24-17-8-4-15(5-9-17)21-22-16-6-10-18(11-7-16)25-19(23)12-13-20/h4-11H,2-3,12-14H2,1H3. The second kappa shape index (κ2) is 10.5. The molecule has 0 fully saturated rings. The predicted octanol–water partition coefficient (Wildman–Crippen LogP) is 5.82. The van der Waals surface area contributed by atoms with Gasteiger partial charge in [-0.3, -0.25) is 4.79 Å². The Bertz CT molecular complexity index is 685.